The summed E-state index contributed by atoms with van der Waals surface area (Å²) < 4.78 is 46.1. The Labute approximate surface area is 232 Å². The number of primary amides is 1. The zero-order valence-electron chi connectivity index (χ0n) is 22.4. The summed E-state index contributed by atoms with van der Waals surface area (Å²) in [4.78, 5) is 57.4. The van der Waals surface area contributed by atoms with Crippen LogP contribution in [0.3, 0.4) is 0 Å². The Kier molecular flexibility index (Phi) is 7.90. The van der Waals surface area contributed by atoms with Gasteiger partial charge in [-0.25, -0.2) is 9.78 Å². The van der Waals surface area contributed by atoms with Crippen LogP contribution in [-0.4, -0.2) is 79.7 Å². The van der Waals surface area contributed by atoms with E-state index in [1.165, 1.54) is 20.5 Å². The lowest BCUT2D eigenvalue weighted by Crippen LogP contribution is -2.61. The number of carbonyl (C=O) groups excluding carboxylic acids is 4. The number of nitrogens with zero attached hydrogens (tertiary/aromatic N) is 5. The molecule has 15 heteroatoms. The number of amides is 4. The minimum Gasteiger partial charge on any atom is -0.444 e. The van der Waals surface area contributed by atoms with Gasteiger partial charge in [-0.05, 0) is 39.0 Å². The zero-order chi connectivity index (χ0) is 30.1. The average molecular weight is 576 g/mol. The summed E-state index contributed by atoms with van der Waals surface area (Å²) in [5.74, 6) is -2.61. The second kappa shape index (κ2) is 11.1. The van der Waals surface area contributed by atoms with Gasteiger partial charge in [-0.2, -0.15) is 18.3 Å². The fourth-order valence-electron chi connectivity index (χ4n) is 4.32. The lowest BCUT2D eigenvalue weighted by molar-refractivity contribution is -0.142. The molecule has 0 saturated carbocycles. The van der Waals surface area contributed by atoms with Crippen LogP contribution < -0.4 is 11.1 Å². The van der Waals surface area contributed by atoms with Crippen molar-refractivity contribution in [3.63, 3.8) is 0 Å². The molecule has 1 aromatic carbocycles. The highest BCUT2D eigenvalue weighted by Crippen LogP contribution is 2.28. The zero-order valence-corrected chi connectivity index (χ0v) is 22.4. The van der Waals surface area contributed by atoms with E-state index >= 15 is 0 Å². The van der Waals surface area contributed by atoms with Gasteiger partial charge in [0.15, 0.2) is 5.69 Å². The maximum Gasteiger partial charge on any atom is 0.433 e. The highest BCUT2D eigenvalue weighted by atomic mass is 19.4. The van der Waals surface area contributed by atoms with Crippen molar-refractivity contribution in [1.82, 2.24) is 24.6 Å². The molecule has 0 aliphatic carbocycles. The number of aromatic nitrogens is 3. The van der Waals surface area contributed by atoms with Crippen molar-refractivity contribution in [2.75, 3.05) is 25.0 Å². The monoisotopic (exact) mass is 575 g/mol. The van der Waals surface area contributed by atoms with Crippen molar-refractivity contribution in [2.24, 2.45) is 5.73 Å². The molecule has 0 spiro atoms. The number of nitrogens with two attached hydrogens (primary N) is 1. The summed E-state index contributed by atoms with van der Waals surface area (Å²) >= 11 is 0. The highest BCUT2D eigenvalue weighted by Gasteiger charge is 2.39. The van der Waals surface area contributed by atoms with Crippen molar-refractivity contribution in [3.05, 3.63) is 53.9 Å². The van der Waals surface area contributed by atoms with Crippen LogP contribution in [-0.2, 0) is 27.0 Å². The van der Waals surface area contributed by atoms with E-state index < -0.39 is 47.3 Å². The van der Waals surface area contributed by atoms with E-state index in [0.29, 0.717) is 10.9 Å². The SMILES string of the molecule is CC(C)(C)OC(=O)N1CCN(C(=O)Cn2nc(C(N)=O)c3ccccc32)[C@H](C(=O)Nc2cccc(C(F)(F)F)n2)C1. The summed E-state index contributed by atoms with van der Waals surface area (Å²) in [7, 11) is 0. The number of para-hydroxylation sites is 1. The number of halogens is 3. The molecule has 4 amide bonds. The summed E-state index contributed by atoms with van der Waals surface area (Å²) in [5.41, 5.74) is 3.82. The topological polar surface area (TPSA) is 153 Å². The molecule has 4 rings (SSSR count). The molecule has 2 aromatic heterocycles. The van der Waals surface area contributed by atoms with Gasteiger partial charge in [0.25, 0.3) is 5.91 Å². The fraction of sp³-hybridized carbons (Fsp3) is 0.385. The lowest BCUT2D eigenvalue weighted by Gasteiger charge is -2.40. The maximum absolute atomic E-state index is 13.5. The molecule has 0 unspecified atom stereocenters. The predicted octanol–water partition coefficient (Wildman–Crippen LogP) is 2.64. The van der Waals surface area contributed by atoms with Gasteiger partial charge in [0.2, 0.25) is 11.8 Å². The lowest BCUT2D eigenvalue weighted by atomic mass is 10.1. The van der Waals surface area contributed by atoms with E-state index in [1.807, 2.05) is 0 Å². The van der Waals surface area contributed by atoms with E-state index in [4.69, 9.17) is 10.5 Å². The van der Waals surface area contributed by atoms with Crippen LogP contribution in [0.25, 0.3) is 10.9 Å². The molecule has 1 aliphatic rings. The summed E-state index contributed by atoms with van der Waals surface area (Å²) in [6, 6.07) is 8.35. The number of hydrogen-bond acceptors (Lipinski definition) is 7. The van der Waals surface area contributed by atoms with Crippen molar-refractivity contribution < 1.29 is 37.1 Å². The van der Waals surface area contributed by atoms with E-state index in [0.717, 1.165) is 12.1 Å². The van der Waals surface area contributed by atoms with Gasteiger partial charge < -0.3 is 25.6 Å². The van der Waals surface area contributed by atoms with Gasteiger partial charge >= 0.3 is 12.3 Å². The van der Waals surface area contributed by atoms with Crippen LogP contribution in [0.15, 0.2) is 42.5 Å². The van der Waals surface area contributed by atoms with Gasteiger partial charge in [-0.3, -0.25) is 19.1 Å². The molecule has 1 saturated heterocycles. The third kappa shape index (κ3) is 6.73. The smallest absolute Gasteiger partial charge is 0.433 e. The molecule has 1 fully saturated rings. The molecule has 3 heterocycles. The predicted molar refractivity (Wildman–Crippen MR) is 139 cm³/mol. The normalized spacial score (nSPS) is 16.0. The third-order valence-electron chi connectivity index (χ3n) is 6.12. The van der Waals surface area contributed by atoms with Crippen LogP contribution in [0.2, 0.25) is 0 Å². The van der Waals surface area contributed by atoms with Crippen molar-refractivity contribution in [2.45, 2.75) is 45.1 Å². The van der Waals surface area contributed by atoms with Crippen molar-refractivity contribution >= 4 is 40.5 Å². The first-order valence-corrected chi connectivity index (χ1v) is 12.5. The number of ether oxygens (including phenoxy) is 1. The van der Waals surface area contributed by atoms with E-state index in [1.54, 1.807) is 45.0 Å². The molecule has 41 heavy (non-hydrogen) atoms. The largest absolute Gasteiger partial charge is 0.444 e. The Balaban J connectivity index is 1.61. The first-order valence-electron chi connectivity index (χ1n) is 12.5. The Hall–Kier alpha value is -4.69. The number of benzene rings is 1. The number of fused-ring (bicyclic) bond motifs is 1. The van der Waals surface area contributed by atoms with Gasteiger partial charge in [0.1, 0.15) is 29.7 Å². The molecule has 1 aliphatic heterocycles. The number of carbonyl (C=O) groups is 4. The summed E-state index contributed by atoms with van der Waals surface area (Å²) in [5, 5.41) is 6.93. The second-order valence-electron chi connectivity index (χ2n) is 10.3. The Morgan fingerprint density at radius 2 is 1.76 bits per heavy atom. The number of pyridine rings is 1. The third-order valence-corrected chi connectivity index (χ3v) is 6.12. The molecular weight excluding hydrogens is 547 g/mol. The molecule has 3 aromatic rings. The molecule has 3 N–H and O–H groups in total. The van der Waals surface area contributed by atoms with E-state index in [2.05, 4.69) is 15.4 Å². The van der Waals surface area contributed by atoms with Crippen LogP contribution in [0.1, 0.15) is 37.0 Å². The maximum atomic E-state index is 13.5. The fourth-order valence-corrected chi connectivity index (χ4v) is 4.32. The molecule has 0 bridgehead atoms. The average Bonchev–Trinajstić information content (AvgIpc) is 3.25. The van der Waals surface area contributed by atoms with Crippen LogP contribution in [0, 0.1) is 0 Å². The molecular formula is C26H28F3N7O5. The Morgan fingerprint density at radius 3 is 2.41 bits per heavy atom. The van der Waals surface area contributed by atoms with Crippen molar-refractivity contribution in [1.29, 1.82) is 0 Å². The summed E-state index contributed by atoms with van der Waals surface area (Å²) in [6.07, 6.45) is -5.46. The highest BCUT2D eigenvalue weighted by molar-refractivity contribution is 6.04. The van der Waals surface area contributed by atoms with Gasteiger partial charge in [-0.1, -0.05) is 24.3 Å². The minimum atomic E-state index is -4.74. The van der Waals surface area contributed by atoms with Gasteiger partial charge in [-0.15, -0.1) is 0 Å². The number of nitrogens with one attached hydrogen (secondary N) is 1. The van der Waals surface area contributed by atoms with Crippen molar-refractivity contribution in [3.8, 4) is 0 Å². The van der Waals surface area contributed by atoms with Crippen LogP contribution in [0.4, 0.5) is 23.8 Å². The second-order valence-corrected chi connectivity index (χ2v) is 10.3. The van der Waals surface area contributed by atoms with Crippen LogP contribution >= 0.6 is 0 Å². The number of hydrogen-bond donors (Lipinski definition) is 2. The molecule has 218 valence electrons. The van der Waals surface area contributed by atoms with E-state index in [9.17, 15) is 32.3 Å². The van der Waals surface area contributed by atoms with E-state index in [-0.39, 0.29) is 37.7 Å². The summed E-state index contributed by atoms with van der Waals surface area (Å²) in [6.45, 7) is 4.27. The molecule has 0 radical (unpaired) electrons. The number of alkyl halides is 3. The number of piperazine rings is 1. The number of rotatable bonds is 5. The minimum absolute atomic E-state index is 0.0264. The van der Waals surface area contributed by atoms with Gasteiger partial charge in [0.05, 0.1) is 12.1 Å². The molecule has 12 nitrogen and oxygen atoms in total. The first-order chi connectivity index (χ1) is 19.1. The number of anilines is 1. The van der Waals surface area contributed by atoms with Gasteiger partial charge in [0, 0.05) is 18.5 Å². The van der Waals surface area contributed by atoms with Crippen LogP contribution in [0.5, 0.6) is 0 Å². The Bertz CT molecular complexity index is 1500. The Morgan fingerprint density at radius 1 is 1.05 bits per heavy atom. The quantitative estimate of drug-likeness (QED) is 0.474. The first kappa shape index (κ1) is 29.3. The standard InChI is InChI=1S/C26H28F3N7O5/c1-25(2,3)41-24(40)34-11-12-35(17(13-34)23(39)32-19-10-6-9-18(31-19)26(27,28)29)20(37)14-36-16-8-5-4-7-15(16)21(33-36)22(30)38/h4-10,17H,11-14H2,1-3H3,(H2,30,38)(H,31,32,39)/t17-/m0/s1. The molecule has 1 atom stereocenters.